The first-order valence-corrected chi connectivity index (χ1v) is 16.2. The van der Waals surface area contributed by atoms with Gasteiger partial charge >= 0.3 is 5.97 Å². The van der Waals surface area contributed by atoms with Crippen LogP contribution in [0.25, 0.3) is 10.9 Å². The first-order valence-electron chi connectivity index (χ1n) is 16.2. The molecule has 48 heavy (non-hydrogen) atoms. The third-order valence-corrected chi connectivity index (χ3v) is 7.98. The number of nitrogens with one attached hydrogen (secondary N) is 4. The van der Waals surface area contributed by atoms with Gasteiger partial charge in [0, 0.05) is 45.0 Å². The number of carbonyl (C=O) groups is 5. The average molecular weight is 673 g/mol. The summed E-state index contributed by atoms with van der Waals surface area (Å²) in [5.41, 5.74) is -0.561. The van der Waals surface area contributed by atoms with Gasteiger partial charge in [0.05, 0.1) is 18.7 Å². The van der Waals surface area contributed by atoms with Gasteiger partial charge in [-0.25, -0.2) is 0 Å². The molecule has 0 saturated carbocycles. The van der Waals surface area contributed by atoms with Crippen LogP contribution in [-0.4, -0.2) is 101 Å². The first-order chi connectivity index (χ1) is 22.7. The third-order valence-electron chi connectivity index (χ3n) is 7.98. The Balaban J connectivity index is 1.72. The van der Waals surface area contributed by atoms with E-state index in [0.717, 1.165) is 17.7 Å². The summed E-state index contributed by atoms with van der Waals surface area (Å²) >= 11 is 0. The largest absolute Gasteiger partial charge is 0.506 e. The highest BCUT2D eigenvalue weighted by Gasteiger charge is 2.28. The maximum absolute atomic E-state index is 13.5. The van der Waals surface area contributed by atoms with Crippen molar-refractivity contribution in [3.05, 3.63) is 39.7 Å². The number of rotatable bonds is 16. The number of aromatic hydroxyl groups is 1. The Bertz CT molecular complexity index is 1550. The van der Waals surface area contributed by atoms with Crippen molar-refractivity contribution >= 4 is 40.5 Å². The molecule has 264 valence electrons. The number of benzene rings is 1. The maximum atomic E-state index is 13.5. The first kappa shape index (κ1) is 38.0. The number of pyridine rings is 1. The fourth-order valence-electron chi connectivity index (χ4n) is 5.48. The predicted octanol–water partition coefficient (Wildman–Crippen LogP) is 0.459. The fraction of sp³-hybridized carbons (Fsp3) is 0.576. The van der Waals surface area contributed by atoms with Crippen molar-refractivity contribution < 1.29 is 38.9 Å². The van der Waals surface area contributed by atoms with Crippen LogP contribution in [0.15, 0.2) is 23.0 Å². The lowest BCUT2D eigenvalue weighted by Gasteiger charge is -2.27. The summed E-state index contributed by atoms with van der Waals surface area (Å²) in [6.45, 7) is 10.3. The van der Waals surface area contributed by atoms with Crippen LogP contribution in [-0.2, 0) is 37.5 Å². The molecule has 0 bridgehead atoms. The summed E-state index contributed by atoms with van der Waals surface area (Å²) < 4.78 is 6.51. The lowest BCUT2D eigenvalue weighted by atomic mass is 10.00. The van der Waals surface area contributed by atoms with Gasteiger partial charge in [0.15, 0.2) is 0 Å². The van der Waals surface area contributed by atoms with Gasteiger partial charge in [0.2, 0.25) is 17.7 Å². The number of carboxylic acid groups (broad SMARTS) is 1. The van der Waals surface area contributed by atoms with Crippen LogP contribution in [0.4, 0.5) is 0 Å². The summed E-state index contributed by atoms with van der Waals surface area (Å²) in [6, 6.07) is 3.01. The SMILES string of the molecule is CC(C)C[C@H](NC(=O)CCN1CCOCC1)C(=O)N[C@@H](CC(C)C)C(=O)NCc1ccc2c(c1)c(O)c(C(=O)NCC(=O)O)c(=O)n2C. The highest BCUT2D eigenvalue weighted by atomic mass is 16.5. The number of ether oxygens (including phenoxy) is 1. The fourth-order valence-corrected chi connectivity index (χ4v) is 5.48. The normalized spacial score (nSPS) is 14.8. The number of carbonyl (C=O) groups excluding carboxylic acids is 4. The van der Waals surface area contributed by atoms with Crippen LogP contribution in [0.2, 0.25) is 0 Å². The topological polar surface area (TPSA) is 208 Å². The van der Waals surface area contributed by atoms with Crippen molar-refractivity contribution in [3.8, 4) is 5.75 Å². The zero-order valence-electron chi connectivity index (χ0n) is 28.3. The van der Waals surface area contributed by atoms with E-state index in [-0.39, 0.29) is 36.1 Å². The number of amides is 4. The molecule has 0 aliphatic carbocycles. The lowest BCUT2D eigenvalue weighted by molar-refractivity contribution is -0.135. The van der Waals surface area contributed by atoms with E-state index >= 15 is 0 Å². The van der Waals surface area contributed by atoms with Crippen LogP contribution < -0.4 is 26.8 Å². The molecular formula is C33H48N6O9. The molecule has 0 spiro atoms. The van der Waals surface area contributed by atoms with Crippen LogP contribution in [0, 0.1) is 11.8 Å². The zero-order chi connectivity index (χ0) is 35.5. The number of aromatic nitrogens is 1. The molecule has 1 aliphatic rings. The van der Waals surface area contributed by atoms with Gasteiger partial charge in [-0.2, -0.15) is 0 Å². The van der Waals surface area contributed by atoms with E-state index in [1.54, 1.807) is 12.1 Å². The molecule has 6 N–H and O–H groups in total. The molecule has 2 atom stereocenters. The van der Waals surface area contributed by atoms with Crippen LogP contribution in [0.5, 0.6) is 5.75 Å². The van der Waals surface area contributed by atoms with Gasteiger partial charge in [-0.3, -0.25) is 33.7 Å². The smallest absolute Gasteiger partial charge is 0.322 e. The molecule has 2 heterocycles. The highest BCUT2D eigenvalue weighted by molar-refractivity contribution is 6.03. The Morgan fingerprint density at radius 2 is 1.54 bits per heavy atom. The number of aryl methyl sites for hydroxylation is 1. The molecule has 0 unspecified atom stereocenters. The second-order valence-electron chi connectivity index (χ2n) is 12.9. The van der Waals surface area contributed by atoms with Crippen LogP contribution in [0.3, 0.4) is 0 Å². The number of morpholine rings is 1. The van der Waals surface area contributed by atoms with Crippen molar-refractivity contribution in [1.29, 1.82) is 0 Å². The summed E-state index contributed by atoms with van der Waals surface area (Å²) in [5.74, 6) is -3.95. The highest BCUT2D eigenvalue weighted by Crippen LogP contribution is 2.27. The minimum absolute atomic E-state index is 0.00420. The summed E-state index contributed by atoms with van der Waals surface area (Å²) in [7, 11) is 1.41. The minimum Gasteiger partial charge on any atom is -0.506 e. The molecule has 4 amide bonds. The number of hydrogen-bond donors (Lipinski definition) is 6. The van der Waals surface area contributed by atoms with E-state index in [0.29, 0.717) is 43.7 Å². The van der Waals surface area contributed by atoms with Crippen molar-refractivity contribution in [3.63, 3.8) is 0 Å². The van der Waals surface area contributed by atoms with Gasteiger partial charge in [-0.15, -0.1) is 0 Å². The molecule has 1 aliphatic heterocycles. The van der Waals surface area contributed by atoms with E-state index in [4.69, 9.17) is 9.84 Å². The van der Waals surface area contributed by atoms with Crippen molar-refractivity contribution in [1.82, 2.24) is 30.7 Å². The monoisotopic (exact) mass is 672 g/mol. The van der Waals surface area contributed by atoms with Gasteiger partial charge < -0.3 is 40.8 Å². The Kier molecular flexibility index (Phi) is 13.9. The molecule has 1 fully saturated rings. The zero-order valence-corrected chi connectivity index (χ0v) is 28.3. The number of carboxylic acids is 1. The summed E-state index contributed by atoms with van der Waals surface area (Å²) in [4.78, 5) is 78.0. The lowest BCUT2D eigenvalue weighted by Crippen LogP contribution is -2.54. The molecule has 15 nitrogen and oxygen atoms in total. The maximum Gasteiger partial charge on any atom is 0.322 e. The van der Waals surface area contributed by atoms with E-state index in [9.17, 15) is 33.9 Å². The molecule has 1 aromatic heterocycles. The van der Waals surface area contributed by atoms with E-state index in [1.807, 2.05) is 27.7 Å². The van der Waals surface area contributed by atoms with E-state index in [1.165, 1.54) is 13.1 Å². The summed E-state index contributed by atoms with van der Waals surface area (Å²) in [5, 5.41) is 30.5. The van der Waals surface area contributed by atoms with Crippen molar-refractivity contribution in [2.24, 2.45) is 18.9 Å². The number of fused-ring (bicyclic) bond motifs is 1. The average Bonchev–Trinajstić information content (AvgIpc) is 3.03. The predicted molar refractivity (Wildman–Crippen MR) is 177 cm³/mol. The van der Waals surface area contributed by atoms with E-state index in [2.05, 4.69) is 26.2 Å². The number of hydrogen-bond acceptors (Lipinski definition) is 9. The Hall–Kier alpha value is -4.50. The summed E-state index contributed by atoms with van der Waals surface area (Å²) in [6.07, 6.45) is 0.971. The van der Waals surface area contributed by atoms with Crippen molar-refractivity contribution in [2.75, 3.05) is 39.4 Å². The van der Waals surface area contributed by atoms with Gasteiger partial charge in [-0.1, -0.05) is 33.8 Å². The van der Waals surface area contributed by atoms with Crippen molar-refractivity contribution in [2.45, 2.75) is 65.6 Å². The van der Waals surface area contributed by atoms with Crippen LogP contribution >= 0.6 is 0 Å². The second kappa shape index (κ2) is 17.6. The second-order valence-corrected chi connectivity index (χ2v) is 12.9. The molecule has 3 rings (SSSR count). The molecule has 1 saturated heterocycles. The minimum atomic E-state index is -1.31. The molecule has 0 radical (unpaired) electrons. The molecule has 2 aromatic rings. The quantitative estimate of drug-likeness (QED) is 0.145. The van der Waals surface area contributed by atoms with Gasteiger partial charge in [-0.05, 0) is 42.4 Å². The van der Waals surface area contributed by atoms with Crippen LogP contribution in [0.1, 0.15) is 62.9 Å². The standard InChI is InChI=1S/C33H48N6O9/c1-19(2)14-23(37-31(45)24(15-20(3)4)36-26(40)8-9-39-10-12-48-13-11-39)30(44)34-17-21-6-7-25-22(16-21)29(43)28(33(47)38(25)5)32(46)35-18-27(41)42/h6-7,16,19-20,23-24,43H,8-15,17-18H2,1-5H3,(H,34,44)(H,35,46)(H,36,40)(H,37,45)(H,41,42)/t23-,24-/m0/s1. The molecular weight excluding hydrogens is 624 g/mol. The Morgan fingerprint density at radius 1 is 0.917 bits per heavy atom. The molecule has 1 aromatic carbocycles. The van der Waals surface area contributed by atoms with Gasteiger partial charge in [0.1, 0.15) is 29.9 Å². The number of aliphatic carboxylic acids is 1. The Morgan fingerprint density at radius 3 is 2.15 bits per heavy atom. The Labute approximate surface area is 279 Å². The van der Waals surface area contributed by atoms with E-state index < -0.39 is 59.2 Å². The molecule has 15 heteroatoms. The third kappa shape index (κ3) is 10.8. The number of nitrogens with zero attached hydrogens (tertiary/aromatic N) is 2. The van der Waals surface area contributed by atoms with Gasteiger partial charge in [0.25, 0.3) is 11.5 Å².